The van der Waals surface area contributed by atoms with E-state index in [1.807, 2.05) is 53.2 Å². The van der Waals surface area contributed by atoms with Crippen LogP contribution >= 0.6 is 23.8 Å². The first kappa shape index (κ1) is 13.2. The van der Waals surface area contributed by atoms with Gasteiger partial charge in [-0.05, 0) is 29.4 Å². The summed E-state index contributed by atoms with van der Waals surface area (Å²) in [6.07, 6.45) is 2.03. The summed E-state index contributed by atoms with van der Waals surface area (Å²) in [6, 6.07) is 18.0. The summed E-state index contributed by atoms with van der Waals surface area (Å²) in [5.74, 6) is 0. The van der Waals surface area contributed by atoms with Gasteiger partial charge in [-0.25, -0.2) is 0 Å². The van der Waals surface area contributed by atoms with E-state index in [4.69, 9.17) is 23.8 Å². The van der Waals surface area contributed by atoms with E-state index >= 15 is 0 Å². The Kier molecular flexibility index (Phi) is 3.72. The van der Waals surface area contributed by atoms with Gasteiger partial charge in [0.05, 0.1) is 12.2 Å². The fourth-order valence-corrected chi connectivity index (χ4v) is 2.55. The molecule has 20 heavy (non-hydrogen) atoms. The molecular formula is C16H13ClN2S. The average molecular weight is 301 g/mol. The van der Waals surface area contributed by atoms with Crippen LogP contribution in [0.1, 0.15) is 5.56 Å². The van der Waals surface area contributed by atoms with Gasteiger partial charge in [0.1, 0.15) is 0 Å². The van der Waals surface area contributed by atoms with Crippen LogP contribution in [0.25, 0.3) is 11.3 Å². The second-order valence-electron chi connectivity index (χ2n) is 4.56. The van der Waals surface area contributed by atoms with E-state index < -0.39 is 0 Å². The molecule has 1 N–H and O–H groups in total. The van der Waals surface area contributed by atoms with Gasteiger partial charge in [0.2, 0.25) is 0 Å². The van der Waals surface area contributed by atoms with E-state index in [1.165, 1.54) is 0 Å². The van der Waals surface area contributed by atoms with Crippen LogP contribution in [-0.2, 0) is 6.54 Å². The molecule has 0 aliphatic rings. The highest BCUT2D eigenvalue weighted by atomic mass is 35.5. The smallest absolute Gasteiger partial charge is 0.177 e. The molecule has 0 saturated heterocycles. The van der Waals surface area contributed by atoms with Crippen molar-refractivity contribution in [3.8, 4) is 11.3 Å². The summed E-state index contributed by atoms with van der Waals surface area (Å²) in [5.41, 5.74) is 3.20. The fraction of sp³-hybridized carbons (Fsp3) is 0.0625. The van der Waals surface area contributed by atoms with E-state index in [0.717, 1.165) is 21.8 Å². The molecule has 0 bridgehead atoms. The average Bonchev–Trinajstić information content (AvgIpc) is 2.84. The van der Waals surface area contributed by atoms with Gasteiger partial charge in [0.15, 0.2) is 4.77 Å². The third-order valence-electron chi connectivity index (χ3n) is 3.17. The van der Waals surface area contributed by atoms with Gasteiger partial charge >= 0.3 is 0 Å². The van der Waals surface area contributed by atoms with Crippen LogP contribution in [0, 0.1) is 4.77 Å². The summed E-state index contributed by atoms with van der Waals surface area (Å²) >= 11 is 11.6. The number of halogens is 1. The van der Waals surface area contributed by atoms with Crippen molar-refractivity contribution in [2.75, 3.05) is 0 Å². The molecule has 0 amide bonds. The second-order valence-corrected chi connectivity index (χ2v) is 5.35. The normalized spacial score (nSPS) is 10.7. The van der Waals surface area contributed by atoms with Crippen molar-refractivity contribution in [2.45, 2.75) is 6.54 Å². The van der Waals surface area contributed by atoms with Gasteiger partial charge in [-0.2, -0.15) is 0 Å². The number of aromatic nitrogens is 2. The Balaban J connectivity index is 1.95. The molecular weight excluding hydrogens is 288 g/mol. The molecule has 0 saturated carbocycles. The fourth-order valence-electron chi connectivity index (χ4n) is 2.13. The van der Waals surface area contributed by atoms with Crippen LogP contribution in [0.5, 0.6) is 0 Å². The van der Waals surface area contributed by atoms with Crippen molar-refractivity contribution in [3.63, 3.8) is 0 Å². The number of imidazole rings is 1. The topological polar surface area (TPSA) is 20.7 Å². The van der Waals surface area contributed by atoms with Crippen molar-refractivity contribution in [1.29, 1.82) is 0 Å². The lowest BCUT2D eigenvalue weighted by Crippen LogP contribution is -1.98. The minimum atomic E-state index is 0.668. The monoisotopic (exact) mass is 300 g/mol. The number of hydrogen-bond donors (Lipinski definition) is 1. The number of rotatable bonds is 3. The molecule has 0 aliphatic heterocycles. The highest BCUT2D eigenvalue weighted by Gasteiger charge is 2.05. The van der Waals surface area contributed by atoms with Gasteiger partial charge in [0.25, 0.3) is 0 Å². The number of benzene rings is 2. The van der Waals surface area contributed by atoms with E-state index in [2.05, 4.69) is 17.1 Å². The van der Waals surface area contributed by atoms with Gasteiger partial charge in [-0.1, -0.05) is 60.1 Å². The van der Waals surface area contributed by atoms with Gasteiger partial charge in [0, 0.05) is 11.2 Å². The first-order valence-corrected chi connectivity index (χ1v) is 7.11. The van der Waals surface area contributed by atoms with Crippen molar-refractivity contribution < 1.29 is 0 Å². The molecule has 0 atom stereocenters. The van der Waals surface area contributed by atoms with Crippen LogP contribution in [0.2, 0.25) is 5.02 Å². The summed E-state index contributed by atoms with van der Waals surface area (Å²) in [7, 11) is 0. The zero-order valence-electron chi connectivity index (χ0n) is 10.7. The van der Waals surface area contributed by atoms with Crippen LogP contribution in [0.3, 0.4) is 0 Å². The van der Waals surface area contributed by atoms with Crippen LogP contribution < -0.4 is 0 Å². The Hall–Kier alpha value is -1.84. The molecule has 2 aromatic carbocycles. The Bertz CT molecular complexity index is 774. The Morgan fingerprint density at radius 2 is 1.70 bits per heavy atom. The van der Waals surface area contributed by atoms with Crippen molar-refractivity contribution in [2.24, 2.45) is 0 Å². The molecule has 4 heteroatoms. The molecule has 3 rings (SSSR count). The summed E-state index contributed by atoms with van der Waals surface area (Å²) in [6.45, 7) is 0.668. The lowest BCUT2D eigenvalue weighted by Gasteiger charge is -2.04. The van der Waals surface area contributed by atoms with E-state index in [1.54, 1.807) is 0 Å². The maximum absolute atomic E-state index is 6.19. The standard InChI is InChI=1S/C16H13ClN2S/c17-14-9-5-4-8-13(14)10-19-11-15(18-16(19)20)12-6-2-1-3-7-12/h1-9,11H,10H2,(H,18,20). The first-order chi connectivity index (χ1) is 9.74. The maximum Gasteiger partial charge on any atom is 0.177 e. The summed E-state index contributed by atoms with van der Waals surface area (Å²) < 4.78 is 2.70. The van der Waals surface area contributed by atoms with Gasteiger partial charge in [-0.15, -0.1) is 0 Å². The van der Waals surface area contributed by atoms with Crippen molar-refractivity contribution in [3.05, 3.63) is 76.2 Å². The zero-order chi connectivity index (χ0) is 13.9. The largest absolute Gasteiger partial charge is 0.331 e. The SMILES string of the molecule is S=c1[nH]c(-c2ccccc2)cn1Cc1ccccc1Cl. The summed E-state index contributed by atoms with van der Waals surface area (Å²) in [5, 5.41) is 0.761. The minimum Gasteiger partial charge on any atom is -0.331 e. The number of hydrogen-bond acceptors (Lipinski definition) is 1. The first-order valence-electron chi connectivity index (χ1n) is 6.32. The zero-order valence-corrected chi connectivity index (χ0v) is 12.3. The van der Waals surface area contributed by atoms with Crippen molar-refractivity contribution in [1.82, 2.24) is 9.55 Å². The maximum atomic E-state index is 6.19. The Labute approximate surface area is 127 Å². The molecule has 1 heterocycles. The molecule has 2 nitrogen and oxygen atoms in total. The van der Waals surface area contributed by atoms with Crippen LogP contribution in [-0.4, -0.2) is 9.55 Å². The molecule has 3 aromatic rings. The van der Waals surface area contributed by atoms with Gasteiger partial charge in [-0.3, -0.25) is 0 Å². The highest BCUT2D eigenvalue weighted by molar-refractivity contribution is 7.71. The third kappa shape index (κ3) is 2.69. The Morgan fingerprint density at radius 1 is 1.00 bits per heavy atom. The molecule has 0 aliphatic carbocycles. The number of H-pyrrole nitrogens is 1. The predicted octanol–water partition coefficient (Wildman–Crippen LogP) is 4.91. The highest BCUT2D eigenvalue weighted by Crippen LogP contribution is 2.20. The third-order valence-corrected chi connectivity index (χ3v) is 3.88. The number of nitrogens with one attached hydrogen (secondary N) is 1. The summed E-state index contributed by atoms with van der Waals surface area (Å²) in [4.78, 5) is 3.24. The number of aromatic amines is 1. The van der Waals surface area contributed by atoms with Crippen LogP contribution in [0.15, 0.2) is 60.8 Å². The predicted molar refractivity (Wildman–Crippen MR) is 85.6 cm³/mol. The Morgan fingerprint density at radius 3 is 2.45 bits per heavy atom. The lowest BCUT2D eigenvalue weighted by atomic mass is 10.2. The quantitative estimate of drug-likeness (QED) is 0.681. The molecule has 0 radical (unpaired) electrons. The second kappa shape index (κ2) is 5.65. The molecule has 0 spiro atoms. The van der Waals surface area contributed by atoms with E-state index in [0.29, 0.717) is 11.3 Å². The molecule has 100 valence electrons. The number of nitrogens with zero attached hydrogens (tertiary/aromatic N) is 1. The minimum absolute atomic E-state index is 0.668. The molecule has 0 fully saturated rings. The lowest BCUT2D eigenvalue weighted by molar-refractivity contribution is 0.784. The van der Waals surface area contributed by atoms with E-state index in [9.17, 15) is 0 Å². The van der Waals surface area contributed by atoms with Crippen molar-refractivity contribution >= 4 is 23.8 Å². The molecule has 0 unspecified atom stereocenters. The van der Waals surface area contributed by atoms with E-state index in [-0.39, 0.29) is 0 Å². The molecule has 1 aromatic heterocycles. The van der Waals surface area contributed by atoms with Gasteiger partial charge < -0.3 is 9.55 Å². The van der Waals surface area contributed by atoms with Crippen LogP contribution in [0.4, 0.5) is 0 Å².